The van der Waals surface area contributed by atoms with Gasteiger partial charge in [0, 0.05) is 18.8 Å². The smallest absolute Gasteiger partial charge is 0.274 e. The van der Waals surface area contributed by atoms with Crippen LogP contribution in [0.25, 0.3) is 0 Å². The molecule has 1 aliphatic heterocycles. The van der Waals surface area contributed by atoms with Crippen LogP contribution in [0.5, 0.6) is 0 Å². The van der Waals surface area contributed by atoms with Crippen molar-refractivity contribution < 1.29 is 9.90 Å². The molecular weight excluding hydrogens is 230 g/mol. The minimum atomic E-state index is -0.420. The van der Waals surface area contributed by atoms with E-state index in [1.807, 2.05) is 13.0 Å². The van der Waals surface area contributed by atoms with Crippen LogP contribution >= 0.6 is 0 Å². The molecule has 2 atom stereocenters. The van der Waals surface area contributed by atoms with E-state index in [9.17, 15) is 9.90 Å². The van der Waals surface area contributed by atoms with Gasteiger partial charge in [0.2, 0.25) is 0 Å². The van der Waals surface area contributed by atoms with Gasteiger partial charge in [-0.25, -0.2) is 0 Å². The minimum absolute atomic E-state index is 0.0837. The first-order chi connectivity index (χ1) is 8.61. The van der Waals surface area contributed by atoms with E-state index in [0.717, 1.165) is 25.0 Å². The number of aliphatic hydroxyl groups excluding tert-OH is 1. The highest BCUT2D eigenvalue weighted by Gasteiger charge is 2.28. The third kappa shape index (κ3) is 2.72. The molecule has 0 aliphatic carbocycles. The van der Waals surface area contributed by atoms with Crippen molar-refractivity contribution in [3.63, 3.8) is 0 Å². The zero-order chi connectivity index (χ0) is 13.1. The van der Waals surface area contributed by atoms with Crippen molar-refractivity contribution in [1.29, 1.82) is 0 Å². The topological polar surface area (TPSA) is 69.2 Å². The predicted molar refractivity (Wildman–Crippen MR) is 68.3 cm³/mol. The van der Waals surface area contributed by atoms with Crippen molar-refractivity contribution >= 4 is 5.91 Å². The lowest BCUT2D eigenvalue weighted by molar-refractivity contribution is 0.0245. The molecule has 0 spiro atoms. The third-order valence-electron chi connectivity index (χ3n) is 3.58. The molecule has 2 N–H and O–H groups in total. The monoisotopic (exact) mass is 251 g/mol. The van der Waals surface area contributed by atoms with Crippen molar-refractivity contribution in [2.75, 3.05) is 13.1 Å². The van der Waals surface area contributed by atoms with Gasteiger partial charge in [-0.3, -0.25) is 9.89 Å². The highest BCUT2D eigenvalue weighted by molar-refractivity contribution is 5.92. The van der Waals surface area contributed by atoms with E-state index in [2.05, 4.69) is 17.1 Å². The molecule has 1 aliphatic rings. The van der Waals surface area contributed by atoms with Crippen LogP contribution in [0.1, 0.15) is 42.9 Å². The maximum Gasteiger partial charge on any atom is 0.274 e. The number of rotatable bonds is 3. The maximum atomic E-state index is 12.2. The number of aryl methyl sites for hydroxylation is 1. The molecule has 2 heterocycles. The summed E-state index contributed by atoms with van der Waals surface area (Å²) in [4.78, 5) is 13.9. The van der Waals surface area contributed by atoms with Gasteiger partial charge in [-0.05, 0) is 24.8 Å². The Kier molecular flexibility index (Phi) is 4.01. The Hall–Kier alpha value is -1.36. The summed E-state index contributed by atoms with van der Waals surface area (Å²) in [6, 6.07) is 1.82. The molecule has 2 unspecified atom stereocenters. The van der Waals surface area contributed by atoms with Gasteiger partial charge < -0.3 is 10.0 Å². The number of nitrogens with zero attached hydrogens (tertiary/aromatic N) is 2. The fourth-order valence-electron chi connectivity index (χ4n) is 2.26. The molecule has 18 heavy (non-hydrogen) atoms. The van der Waals surface area contributed by atoms with Crippen LogP contribution in [0, 0.1) is 5.92 Å². The van der Waals surface area contributed by atoms with Gasteiger partial charge in [-0.1, -0.05) is 20.3 Å². The Bertz CT molecular complexity index is 416. The van der Waals surface area contributed by atoms with Crippen LogP contribution in [0.4, 0.5) is 0 Å². The number of aromatic nitrogens is 2. The van der Waals surface area contributed by atoms with Crippen LogP contribution < -0.4 is 0 Å². The van der Waals surface area contributed by atoms with E-state index >= 15 is 0 Å². The Morgan fingerprint density at radius 1 is 1.67 bits per heavy atom. The average Bonchev–Trinajstić information content (AvgIpc) is 2.81. The lowest BCUT2D eigenvalue weighted by atomic mass is 9.96. The third-order valence-corrected chi connectivity index (χ3v) is 3.58. The number of amides is 1. The molecule has 0 radical (unpaired) electrons. The molecule has 2 rings (SSSR count). The van der Waals surface area contributed by atoms with Gasteiger partial charge in [0.05, 0.1) is 6.10 Å². The Balaban J connectivity index is 2.02. The number of carbonyl (C=O) groups is 1. The molecule has 1 aromatic rings. The van der Waals surface area contributed by atoms with Crippen molar-refractivity contribution in [2.24, 2.45) is 5.92 Å². The normalized spacial score (nSPS) is 24.3. The van der Waals surface area contributed by atoms with Crippen molar-refractivity contribution in [2.45, 2.75) is 39.2 Å². The van der Waals surface area contributed by atoms with Gasteiger partial charge in [0.25, 0.3) is 5.91 Å². The predicted octanol–water partition coefficient (Wildman–Crippen LogP) is 1.21. The van der Waals surface area contributed by atoms with E-state index in [0.29, 0.717) is 18.8 Å². The summed E-state index contributed by atoms with van der Waals surface area (Å²) in [5.41, 5.74) is 1.45. The van der Waals surface area contributed by atoms with Crippen LogP contribution in [0.3, 0.4) is 0 Å². The lowest BCUT2D eigenvalue weighted by Gasteiger charge is -2.33. The molecule has 0 saturated carbocycles. The SMILES string of the molecule is CCCc1cc(C(=O)N2CCC(C)C(O)C2)n[nH]1. The molecule has 5 heteroatoms. The standard InChI is InChI=1S/C13H21N3O2/c1-3-4-10-7-11(15-14-10)13(18)16-6-5-9(2)12(17)8-16/h7,9,12,17H,3-6,8H2,1-2H3,(H,14,15). The first-order valence-electron chi connectivity index (χ1n) is 6.63. The molecular formula is C13H21N3O2. The quantitative estimate of drug-likeness (QED) is 0.848. The second-order valence-electron chi connectivity index (χ2n) is 5.11. The number of β-amino-alcohol motifs (C(OH)–C–C–N with tert-alkyl or cyclic N) is 1. The number of hydrogen-bond donors (Lipinski definition) is 2. The zero-order valence-electron chi connectivity index (χ0n) is 11.0. The van der Waals surface area contributed by atoms with Crippen LogP contribution in [-0.4, -0.2) is 45.3 Å². The summed E-state index contributed by atoms with van der Waals surface area (Å²) in [6.07, 6.45) is 2.35. The highest BCUT2D eigenvalue weighted by atomic mass is 16.3. The number of nitrogens with one attached hydrogen (secondary N) is 1. The molecule has 5 nitrogen and oxygen atoms in total. The fourth-order valence-corrected chi connectivity index (χ4v) is 2.26. The van der Waals surface area contributed by atoms with E-state index in [-0.39, 0.29) is 11.8 Å². The molecule has 0 bridgehead atoms. The Morgan fingerprint density at radius 2 is 2.44 bits per heavy atom. The Morgan fingerprint density at radius 3 is 3.11 bits per heavy atom. The lowest BCUT2D eigenvalue weighted by Crippen LogP contribution is -2.45. The van der Waals surface area contributed by atoms with Gasteiger partial charge >= 0.3 is 0 Å². The van der Waals surface area contributed by atoms with Crippen LogP contribution in [0.2, 0.25) is 0 Å². The van der Waals surface area contributed by atoms with E-state index in [1.165, 1.54) is 0 Å². The zero-order valence-corrected chi connectivity index (χ0v) is 11.0. The molecule has 1 fully saturated rings. The fraction of sp³-hybridized carbons (Fsp3) is 0.692. The van der Waals surface area contributed by atoms with Gasteiger partial charge in [-0.15, -0.1) is 0 Å². The van der Waals surface area contributed by atoms with Crippen molar-refractivity contribution in [3.05, 3.63) is 17.5 Å². The molecule has 1 aromatic heterocycles. The summed E-state index contributed by atoms with van der Waals surface area (Å²) in [6.45, 7) is 5.22. The van der Waals surface area contributed by atoms with Crippen molar-refractivity contribution in [1.82, 2.24) is 15.1 Å². The van der Waals surface area contributed by atoms with Crippen molar-refractivity contribution in [3.8, 4) is 0 Å². The second kappa shape index (κ2) is 5.52. The number of aliphatic hydroxyl groups is 1. The summed E-state index contributed by atoms with van der Waals surface area (Å²) in [5.74, 6) is 0.184. The largest absolute Gasteiger partial charge is 0.391 e. The number of piperidine rings is 1. The van der Waals surface area contributed by atoms with E-state index < -0.39 is 6.10 Å². The van der Waals surface area contributed by atoms with Gasteiger partial charge in [-0.2, -0.15) is 5.10 Å². The van der Waals surface area contributed by atoms with E-state index in [4.69, 9.17) is 0 Å². The number of aromatic amines is 1. The molecule has 0 aromatic carbocycles. The second-order valence-corrected chi connectivity index (χ2v) is 5.11. The van der Waals surface area contributed by atoms with Gasteiger partial charge in [0.15, 0.2) is 0 Å². The number of hydrogen-bond acceptors (Lipinski definition) is 3. The molecule has 100 valence electrons. The number of carbonyl (C=O) groups excluding carboxylic acids is 1. The molecule has 1 saturated heterocycles. The van der Waals surface area contributed by atoms with Crippen LogP contribution in [-0.2, 0) is 6.42 Å². The van der Waals surface area contributed by atoms with Crippen LogP contribution in [0.15, 0.2) is 6.07 Å². The Labute approximate surface area is 107 Å². The summed E-state index contributed by atoms with van der Waals surface area (Å²) >= 11 is 0. The summed E-state index contributed by atoms with van der Waals surface area (Å²) in [5, 5.41) is 16.8. The first kappa shape index (κ1) is 13.1. The van der Waals surface area contributed by atoms with E-state index in [1.54, 1.807) is 4.90 Å². The van der Waals surface area contributed by atoms with Gasteiger partial charge in [0.1, 0.15) is 5.69 Å². The number of likely N-dealkylation sites (tertiary alicyclic amines) is 1. The highest BCUT2D eigenvalue weighted by Crippen LogP contribution is 2.18. The summed E-state index contributed by atoms with van der Waals surface area (Å²) in [7, 11) is 0. The minimum Gasteiger partial charge on any atom is -0.391 e. The molecule has 1 amide bonds. The first-order valence-corrected chi connectivity index (χ1v) is 6.63. The number of H-pyrrole nitrogens is 1. The summed E-state index contributed by atoms with van der Waals surface area (Å²) < 4.78 is 0. The maximum absolute atomic E-state index is 12.2. The average molecular weight is 251 g/mol.